The maximum atomic E-state index is 11.6. The van der Waals surface area contributed by atoms with Crippen LogP contribution in [-0.2, 0) is 11.3 Å². The molecule has 1 heterocycles. The average molecular weight is 310 g/mol. The summed E-state index contributed by atoms with van der Waals surface area (Å²) in [6, 6.07) is 0.476. The van der Waals surface area contributed by atoms with Gasteiger partial charge in [-0.3, -0.25) is 0 Å². The van der Waals surface area contributed by atoms with Gasteiger partial charge in [0.2, 0.25) is 0 Å². The number of ether oxygens (including phenoxy) is 1. The van der Waals surface area contributed by atoms with E-state index in [1.54, 1.807) is 0 Å². The Balaban J connectivity index is 2.24. The third-order valence-electron chi connectivity index (χ3n) is 3.13. The Kier molecular flexibility index (Phi) is 6.87. The van der Waals surface area contributed by atoms with E-state index in [1.807, 2.05) is 40.2 Å². The zero-order valence-electron chi connectivity index (χ0n) is 14.6. The Bertz CT molecular complexity index is 463. The van der Waals surface area contributed by atoms with E-state index in [4.69, 9.17) is 4.74 Å². The maximum Gasteiger partial charge on any atom is 0.407 e. The third kappa shape index (κ3) is 6.93. The summed E-state index contributed by atoms with van der Waals surface area (Å²) in [5, 5.41) is 6.22. The molecule has 2 N–H and O–H groups in total. The highest BCUT2D eigenvalue weighted by Crippen LogP contribution is 2.09. The zero-order chi connectivity index (χ0) is 16.8. The molecule has 0 aliphatic rings. The molecule has 0 aliphatic heterocycles. The Hall–Kier alpha value is -1.56. The van der Waals surface area contributed by atoms with Gasteiger partial charge in [0, 0.05) is 24.8 Å². The number of carbonyl (C=O) groups is 1. The van der Waals surface area contributed by atoms with Crippen LogP contribution < -0.4 is 10.6 Å². The van der Waals surface area contributed by atoms with Crippen molar-refractivity contribution in [2.75, 3.05) is 6.54 Å². The molecule has 126 valence electrons. The normalized spacial score (nSPS) is 13.2. The molecule has 0 saturated carbocycles. The molecule has 1 atom stereocenters. The summed E-state index contributed by atoms with van der Waals surface area (Å²) in [5.41, 5.74) is 0.708. The second-order valence-corrected chi connectivity index (χ2v) is 6.90. The van der Waals surface area contributed by atoms with Crippen LogP contribution >= 0.6 is 0 Å². The maximum absolute atomic E-state index is 11.6. The molecule has 0 fully saturated rings. The molecule has 1 aromatic heterocycles. The van der Waals surface area contributed by atoms with Gasteiger partial charge in [-0.2, -0.15) is 0 Å². The SMILES string of the molecule is CC(CCNCc1cncn1C(C)C)NC(=O)OC(C)(C)C. The van der Waals surface area contributed by atoms with Gasteiger partial charge in [-0.15, -0.1) is 0 Å². The van der Waals surface area contributed by atoms with E-state index in [0.717, 1.165) is 19.5 Å². The van der Waals surface area contributed by atoms with E-state index < -0.39 is 5.60 Å². The first-order valence-electron chi connectivity index (χ1n) is 7.90. The topological polar surface area (TPSA) is 68.2 Å². The Morgan fingerprint density at radius 2 is 2.05 bits per heavy atom. The quantitative estimate of drug-likeness (QED) is 0.760. The van der Waals surface area contributed by atoms with E-state index in [-0.39, 0.29) is 12.1 Å². The smallest absolute Gasteiger partial charge is 0.407 e. The predicted octanol–water partition coefficient (Wildman–Crippen LogP) is 2.86. The number of amides is 1. The first-order valence-corrected chi connectivity index (χ1v) is 7.90. The zero-order valence-corrected chi connectivity index (χ0v) is 14.6. The lowest BCUT2D eigenvalue weighted by Crippen LogP contribution is -2.38. The average Bonchev–Trinajstić information content (AvgIpc) is 2.80. The summed E-state index contributed by atoms with van der Waals surface area (Å²) < 4.78 is 7.38. The highest BCUT2D eigenvalue weighted by Gasteiger charge is 2.17. The molecule has 1 rings (SSSR count). The van der Waals surface area contributed by atoms with Crippen LogP contribution in [-0.4, -0.2) is 33.8 Å². The van der Waals surface area contributed by atoms with E-state index in [2.05, 4.69) is 34.0 Å². The molecule has 22 heavy (non-hydrogen) atoms. The second kappa shape index (κ2) is 8.17. The van der Waals surface area contributed by atoms with Gasteiger partial charge in [0.05, 0.1) is 12.0 Å². The fourth-order valence-electron chi connectivity index (χ4n) is 2.05. The fraction of sp³-hybridized carbons (Fsp3) is 0.750. The van der Waals surface area contributed by atoms with Crippen molar-refractivity contribution in [1.29, 1.82) is 0 Å². The number of carbonyl (C=O) groups excluding carboxylic acids is 1. The van der Waals surface area contributed by atoms with Crippen LogP contribution in [0.2, 0.25) is 0 Å². The van der Waals surface area contributed by atoms with Crippen molar-refractivity contribution >= 4 is 6.09 Å². The molecule has 1 amide bonds. The van der Waals surface area contributed by atoms with Crippen LogP contribution in [0.4, 0.5) is 4.79 Å². The van der Waals surface area contributed by atoms with Crippen LogP contribution in [0.25, 0.3) is 0 Å². The van der Waals surface area contributed by atoms with Crippen molar-refractivity contribution < 1.29 is 9.53 Å². The predicted molar refractivity (Wildman–Crippen MR) is 87.8 cm³/mol. The number of aromatic nitrogens is 2. The van der Waals surface area contributed by atoms with E-state index in [0.29, 0.717) is 6.04 Å². The van der Waals surface area contributed by atoms with Gasteiger partial charge in [-0.05, 0) is 54.5 Å². The van der Waals surface area contributed by atoms with Crippen LogP contribution in [0.3, 0.4) is 0 Å². The van der Waals surface area contributed by atoms with Crippen molar-refractivity contribution in [1.82, 2.24) is 20.2 Å². The van der Waals surface area contributed by atoms with Gasteiger partial charge in [0.1, 0.15) is 5.60 Å². The number of alkyl carbamates (subject to hydrolysis) is 1. The van der Waals surface area contributed by atoms with E-state index in [9.17, 15) is 4.79 Å². The first-order chi connectivity index (χ1) is 10.2. The van der Waals surface area contributed by atoms with Crippen molar-refractivity contribution in [3.63, 3.8) is 0 Å². The minimum Gasteiger partial charge on any atom is -0.444 e. The van der Waals surface area contributed by atoms with Crippen molar-refractivity contribution in [3.05, 3.63) is 18.2 Å². The minimum absolute atomic E-state index is 0.0670. The number of imidazole rings is 1. The van der Waals surface area contributed by atoms with Crippen LogP contribution in [0, 0.1) is 0 Å². The summed E-state index contributed by atoms with van der Waals surface area (Å²) in [7, 11) is 0. The molecular weight excluding hydrogens is 280 g/mol. The molecule has 1 aromatic rings. The Morgan fingerprint density at radius 1 is 1.36 bits per heavy atom. The number of nitrogens with one attached hydrogen (secondary N) is 2. The summed E-state index contributed by atoms with van der Waals surface area (Å²) in [6.07, 6.45) is 4.22. The highest BCUT2D eigenvalue weighted by molar-refractivity contribution is 5.67. The van der Waals surface area contributed by atoms with E-state index in [1.165, 1.54) is 5.69 Å². The molecule has 0 aliphatic carbocycles. The summed E-state index contributed by atoms with van der Waals surface area (Å²) in [5.74, 6) is 0. The highest BCUT2D eigenvalue weighted by atomic mass is 16.6. The fourth-order valence-corrected chi connectivity index (χ4v) is 2.05. The first kappa shape index (κ1) is 18.5. The lowest BCUT2D eigenvalue weighted by molar-refractivity contribution is 0.0506. The molecule has 0 radical (unpaired) electrons. The number of nitrogens with zero attached hydrogens (tertiary/aromatic N) is 2. The van der Waals surface area contributed by atoms with Crippen LogP contribution in [0.15, 0.2) is 12.5 Å². The standard InChI is InChI=1S/C16H30N4O2/c1-12(2)20-11-18-10-14(20)9-17-8-7-13(3)19-15(21)22-16(4,5)6/h10-13,17H,7-9H2,1-6H3,(H,19,21). The van der Waals surface area contributed by atoms with Crippen LogP contribution in [0.1, 0.15) is 59.7 Å². The molecule has 0 saturated heterocycles. The molecule has 1 unspecified atom stereocenters. The van der Waals surface area contributed by atoms with Gasteiger partial charge in [0.25, 0.3) is 0 Å². The lowest BCUT2D eigenvalue weighted by atomic mass is 10.2. The van der Waals surface area contributed by atoms with Gasteiger partial charge < -0.3 is 19.9 Å². The van der Waals surface area contributed by atoms with E-state index >= 15 is 0 Å². The third-order valence-corrected chi connectivity index (χ3v) is 3.13. The summed E-state index contributed by atoms with van der Waals surface area (Å²) in [6.45, 7) is 13.4. The molecular formula is C16H30N4O2. The number of hydrogen-bond donors (Lipinski definition) is 2. The van der Waals surface area contributed by atoms with Crippen LogP contribution in [0.5, 0.6) is 0 Å². The molecule has 0 aromatic carbocycles. The Labute approximate surface area is 133 Å². The molecule has 0 bridgehead atoms. The van der Waals surface area contributed by atoms with Gasteiger partial charge in [-0.1, -0.05) is 0 Å². The monoisotopic (exact) mass is 310 g/mol. The molecule has 6 heteroatoms. The summed E-state index contributed by atoms with van der Waals surface area (Å²) in [4.78, 5) is 15.8. The molecule has 0 spiro atoms. The molecule has 6 nitrogen and oxygen atoms in total. The van der Waals surface area contributed by atoms with Crippen molar-refractivity contribution in [2.45, 2.75) is 72.2 Å². The lowest BCUT2D eigenvalue weighted by Gasteiger charge is -2.22. The van der Waals surface area contributed by atoms with Gasteiger partial charge >= 0.3 is 6.09 Å². The minimum atomic E-state index is -0.461. The van der Waals surface area contributed by atoms with Crippen molar-refractivity contribution in [3.8, 4) is 0 Å². The van der Waals surface area contributed by atoms with Gasteiger partial charge in [-0.25, -0.2) is 9.78 Å². The largest absolute Gasteiger partial charge is 0.444 e. The van der Waals surface area contributed by atoms with Crippen molar-refractivity contribution in [2.24, 2.45) is 0 Å². The van der Waals surface area contributed by atoms with Gasteiger partial charge in [0.15, 0.2) is 0 Å². The second-order valence-electron chi connectivity index (χ2n) is 6.90. The number of rotatable bonds is 7. The number of hydrogen-bond acceptors (Lipinski definition) is 4. The summed E-state index contributed by atoms with van der Waals surface area (Å²) >= 11 is 0. The Morgan fingerprint density at radius 3 is 2.64 bits per heavy atom.